The number of thiophene rings is 1. The minimum absolute atomic E-state index is 0.977. The van der Waals surface area contributed by atoms with Crippen LogP contribution < -0.4 is 5.32 Å². The third kappa shape index (κ3) is 3.51. The Bertz CT molecular complexity index is 403. The first-order chi connectivity index (χ1) is 7.84. The first-order valence-corrected chi connectivity index (χ1v) is 6.56. The third-order valence-corrected chi connectivity index (χ3v) is 3.52. The number of nitrogens with zero attached hydrogens (tertiary/aromatic N) is 1. The van der Waals surface area contributed by atoms with Crippen molar-refractivity contribution in [1.82, 2.24) is 9.88 Å². The molecule has 0 bridgehead atoms. The molecule has 0 spiro atoms. The van der Waals surface area contributed by atoms with Gasteiger partial charge in [0.1, 0.15) is 0 Å². The predicted octanol–water partition coefficient (Wildman–Crippen LogP) is 2.81. The van der Waals surface area contributed by atoms with Gasteiger partial charge in [0.05, 0.1) is 0 Å². The Kier molecular flexibility index (Phi) is 4.19. The van der Waals surface area contributed by atoms with E-state index in [-0.39, 0.29) is 0 Å². The molecule has 3 heteroatoms. The van der Waals surface area contributed by atoms with Crippen LogP contribution in [0.3, 0.4) is 0 Å². The fourth-order valence-electron chi connectivity index (χ4n) is 1.74. The van der Waals surface area contributed by atoms with Gasteiger partial charge in [-0.3, -0.25) is 0 Å². The summed E-state index contributed by atoms with van der Waals surface area (Å²) in [6.07, 6.45) is 6.65. The van der Waals surface area contributed by atoms with E-state index in [9.17, 15) is 0 Å². The van der Waals surface area contributed by atoms with E-state index in [1.54, 1.807) is 0 Å². The van der Waals surface area contributed by atoms with E-state index >= 15 is 0 Å². The number of nitrogens with one attached hydrogen (secondary N) is 1. The van der Waals surface area contributed by atoms with Crippen LogP contribution in [0, 0.1) is 0 Å². The van der Waals surface area contributed by atoms with Gasteiger partial charge in [-0.1, -0.05) is 6.07 Å². The molecule has 0 fully saturated rings. The smallest absolute Gasteiger partial charge is 0.0220 e. The van der Waals surface area contributed by atoms with Crippen LogP contribution in [-0.2, 0) is 20.0 Å². The van der Waals surface area contributed by atoms with Crippen LogP contribution in [0.25, 0.3) is 0 Å². The van der Waals surface area contributed by atoms with Gasteiger partial charge < -0.3 is 9.88 Å². The van der Waals surface area contributed by atoms with Gasteiger partial charge in [0.15, 0.2) is 0 Å². The summed E-state index contributed by atoms with van der Waals surface area (Å²) in [7, 11) is 2.06. The van der Waals surface area contributed by atoms with Crippen molar-refractivity contribution < 1.29 is 0 Å². The van der Waals surface area contributed by atoms with Gasteiger partial charge in [0.25, 0.3) is 0 Å². The molecule has 0 aliphatic heterocycles. The number of aromatic nitrogens is 1. The fraction of sp³-hybridized carbons (Fsp3) is 0.385. The van der Waals surface area contributed by atoms with Gasteiger partial charge in [-0.05, 0) is 42.5 Å². The molecule has 0 atom stereocenters. The SMILES string of the molecule is Cn1ccc(CNCCCc2cccs2)c1. The molecule has 0 radical (unpaired) electrons. The van der Waals surface area contributed by atoms with E-state index < -0.39 is 0 Å². The van der Waals surface area contributed by atoms with Crippen LogP contribution in [0.15, 0.2) is 36.0 Å². The lowest BCUT2D eigenvalue weighted by Crippen LogP contribution is -2.14. The maximum Gasteiger partial charge on any atom is 0.0220 e. The lowest BCUT2D eigenvalue weighted by atomic mass is 10.2. The molecule has 0 aliphatic carbocycles. The van der Waals surface area contributed by atoms with E-state index in [2.05, 4.69) is 52.9 Å². The maximum atomic E-state index is 3.47. The lowest BCUT2D eigenvalue weighted by Gasteiger charge is -2.02. The van der Waals surface area contributed by atoms with Crippen LogP contribution in [0.5, 0.6) is 0 Å². The zero-order valence-electron chi connectivity index (χ0n) is 9.65. The zero-order chi connectivity index (χ0) is 11.2. The minimum Gasteiger partial charge on any atom is -0.357 e. The van der Waals surface area contributed by atoms with Crippen molar-refractivity contribution in [2.45, 2.75) is 19.4 Å². The van der Waals surface area contributed by atoms with Gasteiger partial charge >= 0.3 is 0 Å². The largest absolute Gasteiger partial charge is 0.357 e. The van der Waals surface area contributed by atoms with E-state index in [1.807, 2.05) is 11.3 Å². The van der Waals surface area contributed by atoms with Crippen LogP contribution in [0.2, 0.25) is 0 Å². The summed E-state index contributed by atoms with van der Waals surface area (Å²) in [5.41, 5.74) is 1.36. The molecule has 2 aromatic rings. The highest BCUT2D eigenvalue weighted by Gasteiger charge is 1.95. The molecular weight excluding hydrogens is 216 g/mol. The summed E-state index contributed by atoms with van der Waals surface area (Å²) >= 11 is 1.85. The third-order valence-electron chi connectivity index (χ3n) is 2.58. The Morgan fingerprint density at radius 1 is 1.38 bits per heavy atom. The maximum absolute atomic E-state index is 3.47. The minimum atomic E-state index is 0.977. The second kappa shape index (κ2) is 5.87. The van der Waals surface area contributed by atoms with Crippen molar-refractivity contribution in [3.05, 3.63) is 46.4 Å². The second-order valence-corrected chi connectivity index (χ2v) is 5.08. The average Bonchev–Trinajstić information content (AvgIpc) is 2.89. The van der Waals surface area contributed by atoms with E-state index in [0.29, 0.717) is 0 Å². The van der Waals surface area contributed by atoms with Gasteiger partial charge in [0, 0.05) is 30.9 Å². The molecule has 0 saturated heterocycles. The summed E-state index contributed by atoms with van der Waals surface area (Å²) in [6.45, 7) is 2.07. The Labute approximate surface area is 101 Å². The first kappa shape index (κ1) is 11.4. The van der Waals surface area contributed by atoms with Crippen molar-refractivity contribution in [3.8, 4) is 0 Å². The Hall–Kier alpha value is -1.06. The fourth-order valence-corrected chi connectivity index (χ4v) is 2.49. The van der Waals surface area contributed by atoms with Crippen molar-refractivity contribution in [2.24, 2.45) is 7.05 Å². The number of aryl methyl sites for hydroxylation is 2. The average molecular weight is 234 g/mol. The summed E-state index contributed by atoms with van der Waals surface area (Å²) in [5.74, 6) is 0. The lowest BCUT2D eigenvalue weighted by molar-refractivity contribution is 0.651. The van der Waals surface area contributed by atoms with E-state index in [1.165, 1.54) is 23.3 Å². The Morgan fingerprint density at radius 3 is 3.00 bits per heavy atom. The molecule has 0 saturated carbocycles. The first-order valence-electron chi connectivity index (χ1n) is 5.68. The van der Waals surface area contributed by atoms with Crippen molar-refractivity contribution in [1.29, 1.82) is 0 Å². The number of rotatable bonds is 6. The highest BCUT2D eigenvalue weighted by atomic mass is 32.1. The number of hydrogen-bond donors (Lipinski definition) is 1. The summed E-state index contributed by atoms with van der Waals surface area (Å²) < 4.78 is 2.09. The quantitative estimate of drug-likeness (QED) is 0.761. The predicted molar refractivity (Wildman–Crippen MR) is 69.8 cm³/mol. The molecule has 2 heterocycles. The van der Waals surface area contributed by atoms with E-state index in [0.717, 1.165) is 13.1 Å². The zero-order valence-corrected chi connectivity index (χ0v) is 10.5. The summed E-state index contributed by atoms with van der Waals surface area (Å²) in [6, 6.07) is 6.49. The number of hydrogen-bond acceptors (Lipinski definition) is 2. The molecule has 2 nitrogen and oxygen atoms in total. The molecular formula is C13H18N2S. The molecule has 0 unspecified atom stereocenters. The molecule has 0 aromatic carbocycles. The highest BCUT2D eigenvalue weighted by Crippen LogP contribution is 2.10. The van der Waals surface area contributed by atoms with Crippen molar-refractivity contribution >= 4 is 11.3 Å². The van der Waals surface area contributed by atoms with Crippen LogP contribution >= 0.6 is 11.3 Å². The van der Waals surface area contributed by atoms with Crippen LogP contribution in [0.1, 0.15) is 16.9 Å². The molecule has 16 heavy (non-hydrogen) atoms. The molecule has 2 rings (SSSR count). The topological polar surface area (TPSA) is 17.0 Å². The van der Waals surface area contributed by atoms with Gasteiger partial charge in [-0.2, -0.15) is 0 Å². The molecule has 86 valence electrons. The van der Waals surface area contributed by atoms with Crippen LogP contribution in [0.4, 0.5) is 0 Å². The standard InChI is InChI=1S/C13H18N2S/c1-15-8-6-12(11-15)10-14-7-2-4-13-5-3-9-16-13/h3,5-6,8-9,11,14H,2,4,7,10H2,1H3. The Morgan fingerprint density at radius 2 is 2.31 bits per heavy atom. The van der Waals surface area contributed by atoms with Crippen molar-refractivity contribution in [2.75, 3.05) is 6.54 Å². The summed E-state index contributed by atoms with van der Waals surface area (Å²) in [4.78, 5) is 1.49. The Balaban J connectivity index is 1.59. The van der Waals surface area contributed by atoms with Crippen LogP contribution in [-0.4, -0.2) is 11.1 Å². The molecule has 0 amide bonds. The molecule has 0 aliphatic rings. The molecule has 2 aromatic heterocycles. The second-order valence-electron chi connectivity index (χ2n) is 4.04. The normalized spacial score (nSPS) is 10.8. The summed E-state index contributed by atoms with van der Waals surface area (Å²) in [5, 5.41) is 5.61. The highest BCUT2D eigenvalue weighted by molar-refractivity contribution is 7.09. The van der Waals surface area contributed by atoms with Gasteiger partial charge in [-0.15, -0.1) is 11.3 Å². The molecule has 1 N–H and O–H groups in total. The van der Waals surface area contributed by atoms with Gasteiger partial charge in [0.2, 0.25) is 0 Å². The van der Waals surface area contributed by atoms with E-state index in [4.69, 9.17) is 0 Å². The monoisotopic (exact) mass is 234 g/mol. The van der Waals surface area contributed by atoms with Crippen molar-refractivity contribution in [3.63, 3.8) is 0 Å². The van der Waals surface area contributed by atoms with Gasteiger partial charge in [-0.25, -0.2) is 0 Å².